The van der Waals surface area contributed by atoms with Gasteiger partial charge in [-0.25, -0.2) is 4.68 Å². The lowest BCUT2D eigenvalue weighted by atomic mass is 10.4. The number of hydrogen-bond donors (Lipinski definition) is 1. The Hall–Kier alpha value is -1.31. The van der Waals surface area contributed by atoms with Crippen LogP contribution >= 0.6 is 11.3 Å². The largest absolute Gasteiger partial charge is 0.389 e. The van der Waals surface area contributed by atoms with E-state index >= 15 is 0 Å². The predicted octanol–water partition coefficient (Wildman–Crippen LogP) is 0.621. The number of aliphatic hydroxyl groups is 1. The summed E-state index contributed by atoms with van der Waals surface area (Å²) in [5.41, 5.74) is 0. The third-order valence-electron chi connectivity index (χ3n) is 2.23. The number of aliphatic hydroxyl groups excluding tert-OH is 1. The average molecular weight is 254 g/mol. The van der Waals surface area contributed by atoms with E-state index in [0.29, 0.717) is 19.0 Å². The lowest BCUT2D eigenvalue weighted by molar-refractivity contribution is 0.0190. The molecule has 0 spiro atoms. The van der Waals surface area contributed by atoms with Crippen LogP contribution in [0.5, 0.6) is 0 Å². The second-order valence-corrected chi connectivity index (χ2v) is 4.69. The van der Waals surface area contributed by atoms with Crippen LogP contribution in [0.3, 0.4) is 0 Å². The highest BCUT2D eigenvalue weighted by molar-refractivity contribution is 7.09. The zero-order valence-electron chi connectivity index (χ0n) is 9.48. The monoisotopic (exact) mass is 254 g/mol. The first-order valence-electron chi connectivity index (χ1n) is 5.26. The summed E-state index contributed by atoms with van der Waals surface area (Å²) in [6, 6.07) is 3.98. The fourth-order valence-corrected chi connectivity index (χ4v) is 2.00. The summed E-state index contributed by atoms with van der Waals surface area (Å²) in [7, 11) is 0. The first-order valence-corrected chi connectivity index (χ1v) is 6.14. The van der Waals surface area contributed by atoms with Crippen LogP contribution in [0.25, 0.3) is 0 Å². The van der Waals surface area contributed by atoms with Crippen LogP contribution in [-0.4, -0.2) is 38.0 Å². The number of aromatic nitrogens is 4. The van der Waals surface area contributed by atoms with E-state index < -0.39 is 6.10 Å². The van der Waals surface area contributed by atoms with E-state index in [9.17, 15) is 5.11 Å². The van der Waals surface area contributed by atoms with Crippen molar-refractivity contribution in [1.29, 1.82) is 0 Å². The zero-order valence-corrected chi connectivity index (χ0v) is 10.3. The molecule has 7 heteroatoms. The van der Waals surface area contributed by atoms with Crippen LogP contribution in [0, 0.1) is 6.92 Å². The molecule has 6 nitrogen and oxygen atoms in total. The van der Waals surface area contributed by atoms with Gasteiger partial charge in [0.2, 0.25) is 0 Å². The molecular formula is C10H14N4O2S. The Balaban J connectivity index is 1.71. The first kappa shape index (κ1) is 12.2. The second kappa shape index (κ2) is 5.85. The Morgan fingerprint density at radius 2 is 2.47 bits per heavy atom. The van der Waals surface area contributed by atoms with Crippen molar-refractivity contribution in [1.82, 2.24) is 20.2 Å². The summed E-state index contributed by atoms with van der Waals surface area (Å²) in [4.78, 5) is 1.15. The molecule has 0 aliphatic carbocycles. The molecule has 0 aliphatic rings. The molecule has 0 bridgehead atoms. The fraction of sp³-hybridized carbons (Fsp3) is 0.500. The van der Waals surface area contributed by atoms with Crippen LogP contribution in [0.4, 0.5) is 0 Å². The number of thiophene rings is 1. The molecule has 0 fully saturated rings. The smallest absolute Gasteiger partial charge is 0.148 e. The molecular weight excluding hydrogens is 240 g/mol. The molecule has 92 valence electrons. The standard InChI is InChI=1S/C10H14N4O2S/c1-8-11-12-13-14(8)5-9(15)6-16-7-10-3-2-4-17-10/h2-4,9,15H,5-7H2,1H3. The maximum Gasteiger partial charge on any atom is 0.148 e. The number of aryl methyl sites for hydroxylation is 1. The third kappa shape index (κ3) is 3.58. The van der Waals surface area contributed by atoms with Crippen LogP contribution < -0.4 is 0 Å². The summed E-state index contributed by atoms with van der Waals surface area (Å²) in [5.74, 6) is 0.683. The van der Waals surface area contributed by atoms with Gasteiger partial charge in [-0.05, 0) is 28.8 Å². The maximum atomic E-state index is 9.74. The Morgan fingerprint density at radius 1 is 1.59 bits per heavy atom. The van der Waals surface area contributed by atoms with Crippen LogP contribution in [0.2, 0.25) is 0 Å². The normalized spacial score (nSPS) is 12.8. The third-order valence-corrected chi connectivity index (χ3v) is 3.08. The summed E-state index contributed by atoms with van der Waals surface area (Å²) in [5, 5.41) is 22.7. The molecule has 0 aliphatic heterocycles. The Bertz CT molecular complexity index is 443. The van der Waals surface area contributed by atoms with Gasteiger partial charge in [0.25, 0.3) is 0 Å². The fourth-order valence-electron chi connectivity index (χ4n) is 1.36. The molecule has 0 aromatic carbocycles. The highest BCUT2D eigenvalue weighted by Gasteiger charge is 2.09. The van der Waals surface area contributed by atoms with E-state index in [0.717, 1.165) is 4.88 Å². The highest BCUT2D eigenvalue weighted by atomic mass is 32.1. The van der Waals surface area contributed by atoms with Crippen LogP contribution in [-0.2, 0) is 17.9 Å². The Morgan fingerprint density at radius 3 is 3.12 bits per heavy atom. The number of rotatable bonds is 6. The lowest BCUT2D eigenvalue weighted by Crippen LogP contribution is -2.23. The van der Waals surface area contributed by atoms with Gasteiger partial charge >= 0.3 is 0 Å². The van der Waals surface area contributed by atoms with Crippen molar-refractivity contribution in [3.05, 3.63) is 28.2 Å². The Kier molecular flexibility index (Phi) is 4.18. The van der Waals surface area contributed by atoms with Crippen molar-refractivity contribution in [3.63, 3.8) is 0 Å². The Labute approximate surface area is 103 Å². The number of tetrazole rings is 1. The molecule has 0 amide bonds. The van der Waals surface area contributed by atoms with Gasteiger partial charge in [-0.2, -0.15) is 0 Å². The highest BCUT2D eigenvalue weighted by Crippen LogP contribution is 2.09. The molecule has 2 aromatic rings. The molecule has 1 atom stereocenters. The lowest BCUT2D eigenvalue weighted by Gasteiger charge is -2.10. The average Bonchev–Trinajstić information content (AvgIpc) is 2.92. The van der Waals surface area contributed by atoms with Gasteiger partial charge in [0.05, 0.1) is 25.9 Å². The van der Waals surface area contributed by atoms with E-state index in [1.807, 2.05) is 17.5 Å². The van der Waals surface area contributed by atoms with E-state index in [-0.39, 0.29) is 6.61 Å². The van der Waals surface area contributed by atoms with E-state index in [2.05, 4.69) is 15.5 Å². The van der Waals surface area contributed by atoms with Gasteiger partial charge in [-0.3, -0.25) is 0 Å². The van der Waals surface area contributed by atoms with Gasteiger partial charge in [0.15, 0.2) is 0 Å². The summed E-state index contributed by atoms with van der Waals surface area (Å²) in [6.07, 6.45) is -0.600. The van der Waals surface area contributed by atoms with Crippen molar-refractivity contribution >= 4 is 11.3 Å². The van der Waals surface area contributed by atoms with Crippen LogP contribution in [0.15, 0.2) is 17.5 Å². The predicted molar refractivity (Wildman–Crippen MR) is 62.5 cm³/mol. The molecule has 0 radical (unpaired) electrons. The number of hydrogen-bond acceptors (Lipinski definition) is 6. The van der Waals surface area contributed by atoms with Crippen molar-refractivity contribution < 1.29 is 9.84 Å². The summed E-state index contributed by atoms with van der Waals surface area (Å²) >= 11 is 1.64. The molecule has 0 saturated carbocycles. The topological polar surface area (TPSA) is 73.1 Å². The summed E-state index contributed by atoms with van der Waals surface area (Å²) < 4.78 is 6.96. The van der Waals surface area contributed by atoms with Gasteiger partial charge in [-0.15, -0.1) is 16.4 Å². The SMILES string of the molecule is Cc1nnnn1CC(O)COCc1cccs1. The van der Waals surface area contributed by atoms with Crippen molar-refractivity contribution in [2.75, 3.05) is 6.61 Å². The van der Waals surface area contributed by atoms with Gasteiger partial charge < -0.3 is 9.84 Å². The van der Waals surface area contributed by atoms with Gasteiger partial charge in [-0.1, -0.05) is 6.07 Å². The van der Waals surface area contributed by atoms with E-state index in [4.69, 9.17) is 4.74 Å². The molecule has 2 heterocycles. The molecule has 1 N–H and O–H groups in total. The minimum atomic E-state index is -0.600. The van der Waals surface area contributed by atoms with Gasteiger partial charge in [0, 0.05) is 4.88 Å². The van der Waals surface area contributed by atoms with Crippen molar-refractivity contribution in [3.8, 4) is 0 Å². The number of ether oxygens (including phenoxy) is 1. The molecule has 2 rings (SSSR count). The minimum Gasteiger partial charge on any atom is -0.389 e. The summed E-state index contributed by atoms with van der Waals surface area (Å²) in [6.45, 7) is 2.95. The quantitative estimate of drug-likeness (QED) is 0.818. The second-order valence-electron chi connectivity index (χ2n) is 3.66. The molecule has 17 heavy (non-hydrogen) atoms. The molecule has 2 aromatic heterocycles. The van der Waals surface area contributed by atoms with Crippen molar-refractivity contribution in [2.24, 2.45) is 0 Å². The van der Waals surface area contributed by atoms with Gasteiger partial charge in [0.1, 0.15) is 5.82 Å². The molecule has 0 saturated heterocycles. The minimum absolute atomic E-state index is 0.275. The van der Waals surface area contributed by atoms with Crippen LogP contribution in [0.1, 0.15) is 10.7 Å². The number of nitrogens with zero attached hydrogens (tertiary/aromatic N) is 4. The first-order chi connectivity index (χ1) is 8.25. The zero-order chi connectivity index (χ0) is 12.1. The van der Waals surface area contributed by atoms with E-state index in [1.54, 1.807) is 22.9 Å². The van der Waals surface area contributed by atoms with E-state index in [1.165, 1.54) is 0 Å². The molecule has 1 unspecified atom stereocenters. The maximum absolute atomic E-state index is 9.74. The van der Waals surface area contributed by atoms with Crippen molar-refractivity contribution in [2.45, 2.75) is 26.2 Å².